The minimum atomic E-state index is -1.26. The smallest absolute Gasteiger partial charge is 0.129 e. The first-order valence-electron chi connectivity index (χ1n) is 5.74. The summed E-state index contributed by atoms with van der Waals surface area (Å²) in [5, 5.41) is 0. The molecule has 0 N–H and O–H groups in total. The fourth-order valence-electron chi connectivity index (χ4n) is 1.23. The molecule has 88 valence electrons. The molecule has 0 aliphatic carbocycles. The molecule has 0 fully saturated rings. The molecule has 0 saturated heterocycles. The summed E-state index contributed by atoms with van der Waals surface area (Å²) in [7, 11) is -1.26. The molecule has 0 saturated carbocycles. The minimum Gasteiger partial charge on any atom is -0.132 e. The van der Waals surface area contributed by atoms with Crippen molar-refractivity contribution in [2.75, 3.05) is 0 Å². The van der Waals surface area contributed by atoms with Gasteiger partial charge in [0, 0.05) is 10.4 Å². The third kappa shape index (κ3) is 4.86. The lowest BCUT2D eigenvalue weighted by atomic mass is 10.2. The maximum atomic E-state index is 3.61. The van der Waals surface area contributed by atoms with Crippen LogP contribution in [0.15, 0.2) is 9.85 Å². The Morgan fingerprint density at radius 1 is 1.38 bits per heavy atom. The van der Waals surface area contributed by atoms with Crippen LogP contribution in [0.4, 0.5) is 0 Å². The Bertz CT molecular complexity index is 404. The van der Waals surface area contributed by atoms with Crippen molar-refractivity contribution in [2.45, 2.75) is 45.8 Å². The van der Waals surface area contributed by atoms with Crippen LogP contribution in [-0.2, 0) is 6.42 Å². The average Bonchev–Trinajstić information content (AvgIpc) is 2.52. The molecule has 0 spiro atoms. The molecule has 0 aliphatic heterocycles. The summed E-state index contributed by atoms with van der Waals surface area (Å²) in [6, 6.07) is 2.25. The first kappa shape index (κ1) is 14.0. The molecule has 0 radical (unpaired) electrons. The van der Waals surface area contributed by atoms with E-state index < -0.39 is 8.07 Å². The van der Waals surface area contributed by atoms with Crippen molar-refractivity contribution in [3.8, 4) is 11.5 Å². The molecule has 0 nitrogen and oxygen atoms in total. The third-order valence-electron chi connectivity index (χ3n) is 2.09. The van der Waals surface area contributed by atoms with Gasteiger partial charge in [-0.25, -0.2) is 0 Å². The fraction of sp³-hybridized carbons (Fsp3) is 0.538. The zero-order valence-electron chi connectivity index (χ0n) is 10.5. The van der Waals surface area contributed by atoms with Gasteiger partial charge in [-0.3, -0.25) is 0 Å². The first-order chi connectivity index (χ1) is 7.42. The van der Waals surface area contributed by atoms with Gasteiger partial charge in [-0.15, -0.1) is 16.9 Å². The second kappa shape index (κ2) is 6.04. The monoisotopic (exact) mass is 314 g/mol. The predicted octanol–water partition coefficient (Wildman–Crippen LogP) is 5.08. The summed E-state index contributed by atoms with van der Waals surface area (Å²) in [6.45, 7) is 9.06. The molecule has 16 heavy (non-hydrogen) atoms. The summed E-state index contributed by atoms with van der Waals surface area (Å²) >= 11 is 5.44. The predicted molar refractivity (Wildman–Crippen MR) is 80.9 cm³/mol. The standard InChI is InChI=1S/C13H19BrSSi/c1-5-6-7-12-10-11(13(14)15-12)8-9-16(2,3)4/h10H,5-7H2,1-4H3. The summed E-state index contributed by atoms with van der Waals surface area (Å²) in [6.07, 6.45) is 3.72. The van der Waals surface area contributed by atoms with Gasteiger partial charge in [-0.05, 0) is 34.8 Å². The topological polar surface area (TPSA) is 0 Å². The highest BCUT2D eigenvalue weighted by molar-refractivity contribution is 9.11. The van der Waals surface area contributed by atoms with E-state index in [1.165, 1.54) is 33.5 Å². The summed E-state index contributed by atoms with van der Waals surface area (Å²) in [5.74, 6) is 3.32. The number of unbranched alkanes of at least 4 members (excludes halogenated alkanes) is 1. The summed E-state index contributed by atoms with van der Waals surface area (Å²) < 4.78 is 1.20. The van der Waals surface area contributed by atoms with Crippen molar-refractivity contribution in [3.05, 3.63) is 20.3 Å². The van der Waals surface area contributed by atoms with Crippen molar-refractivity contribution in [1.82, 2.24) is 0 Å². The van der Waals surface area contributed by atoms with Gasteiger partial charge in [0.15, 0.2) is 0 Å². The molecular formula is C13H19BrSSi. The fourth-order valence-corrected chi connectivity index (χ4v) is 3.45. The molecule has 0 aromatic carbocycles. The van der Waals surface area contributed by atoms with Crippen LogP contribution >= 0.6 is 27.3 Å². The molecule has 1 heterocycles. The second-order valence-corrected chi connectivity index (χ2v) is 12.2. The number of hydrogen-bond acceptors (Lipinski definition) is 1. The van der Waals surface area contributed by atoms with Gasteiger partial charge in [0.05, 0.1) is 3.79 Å². The van der Waals surface area contributed by atoms with Crippen LogP contribution in [0.25, 0.3) is 0 Å². The quantitative estimate of drug-likeness (QED) is 0.539. The first-order valence-corrected chi connectivity index (χ1v) is 10.8. The lowest BCUT2D eigenvalue weighted by Gasteiger charge is -2.02. The molecule has 1 aromatic heterocycles. The zero-order valence-corrected chi connectivity index (χ0v) is 13.9. The minimum absolute atomic E-state index is 1.18. The number of hydrogen-bond donors (Lipinski definition) is 0. The van der Waals surface area contributed by atoms with Crippen molar-refractivity contribution in [1.29, 1.82) is 0 Å². The molecule has 1 rings (SSSR count). The van der Waals surface area contributed by atoms with E-state index in [0.29, 0.717) is 0 Å². The highest BCUT2D eigenvalue weighted by Gasteiger charge is 2.09. The van der Waals surface area contributed by atoms with Gasteiger partial charge in [0.25, 0.3) is 0 Å². The van der Waals surface area contributed by atoms with Crippen molar-refractivity contribution in [2.24, 2.45) is 0 Å². The Morgan fingerprint density at radius 3 is 2.62 bits per heavy atom. The van der Waals surface area contributed by atoms with E-state index in [-0.39, 0.29) is 0 Å². The lowest BCUT2D eigenvalue weighted by Crippen LogP contribution is -2.16. The van der Waals surface area contributed by atoms with Crippen LogP contribution in [0.2, 0.25) is 19.6 Å². The van der Waals surface area contributed by atoms with Crippen LogP contribution in [0.1, 0.15) is 30.2 Å². The molecule has 3 heteroatoms. The van der Waals surface area contributed by atoms with Crippen LogP contribution < -0.4 is 0 Å². The van der Waals surface area contributed by atoms with Crippen molar-refractivity contribution >= 4 is 35.3 Å². The lowest BCUT2D eigenvalue weighted by molar-refractivity contribution is 0.804. The van der Waals surface area contributed by atoms with Crippen LogP contribution in [0.5, 0.6) is 0 Å². The number of rotatable bonds is 3. The maximum Gasteiger partial charge on any atom is 0.129 e. The van der Waals surface area contributed by atoms with Gasteiger partial charge >= 0.3 is 0 Å². The summed E-state index contributed by atoms with van der Waals surface area (Å²) in [5.41, 5.74) is 4.59. The second-order valence-electron chi connectivity index (χ2n) is 5.00. The molecule has 0 unspecified atom stereocenters. The SMILES string of the molecule is CCCCc1cc(C#C[Si](C)(C)C)c(Br)s1. The Kier molecular flexibility index (Phi) is 5.30. The van der Waals surface area contributed by atoms with Crippen molar-refractivity contribution < 1.29 is 0 Å². The molecule has 0 amide bonds. The number of halogens is 1. The normalized spacial score (nSPS) is 11.1. The number of aryl methyl sites for hydroxylation is 1. The van der Waals surface area contributed by atoms with Gasteiger partial charge in [0.2, 0.25) is 0 Å². The van der Waals surface area contributed by atoms with Crippen molar-refractivity contribution in [3.63, 3.8) is 0 Å². The van der Waals surface area contributed by atoms with Gasteiger partial charge < -0.3 is 0 Å². The van der Waals surface area contributed by atoms with E-state index >= 15 is 0 Å². The highest BCUT2D eigenvalue weighted by atomic mass is 79.9. The Labute approximate surface area is 113 Å². The third-order valence-corrected chi connectivity index (χ3v) is 4.86. The Balaban J connectivity index is 2.80. The van der Waals surface area contributed by atoms with Gasteiger partial charge in [-0.1, -0.05) is 38.9 Å². The van der Waals surface area contributed by atoms with Gasteiger partial charge in [-0.2, -0.15) is 0 Å². The molecule has 0 aliphatic rings. The summed E-state index contributed by atoms with van der Waals surface area (Å²) in [4.78, 5) is 1.45. The van der Waals surface area contributed by atoms with E-state index in [9.17, 15) is 0 Å². The zero-order chi connectivity index (χ0) is 12.2. The Morgan fingerprint density at radius 2 is 2.06 bits per heavy atom. The molecule has 0 bridgehead atoms. The molecule has 1 aromatic rings. The van der Waals surface area contributed by atoms with E-state index in [0.717, 1.165) is 0 Å². The van der Waals surface area contributed by atoms with E-state index in [1.54, 1.807) is 0 Å². The average molecular weight is 315 g/mol. The van der Waals surface area contributed by atoms with E-state index in [2.05, 4.69) is 60.0 Å². The van der Waals surface area contributed by atoms with Crippen LogP contribution in [0, 0.1) is 11.5 Å². The van der Waals surface area contributed by atoms with Crippen LogP contribution in [0.3, 0.4) is 0 Å². The van der Waals surface area contributed by atoms with Gasteiger partial charge in [0.1, 0.15) is 8.07 Å². The molecular weight excluding hydrogens is 296 g/mol. The van der Waals surface area contributed by atoms with Crippen LogP contribution in [-0.4, -0.2) is 8.07 Å². The molecule has 0 atom stereocenters. The number of thiophene rings is 1. The maximum absolute atomic E-state index is 3.61. The Hall–Kier alpha value is -0.0431. The largest absolute Gasteiger partial charge is 0.132 e. The highest BCUT2D eigenvalue weighted by Crippen LogP contribution is 2.28. The van der Waals surface area contributed by atoms with E-state index in [1.807, 2.05) is 11.3 Å². The van der Waals surface area contributed by atoms with E-state index in [4.69, 9.17) is 0 Å².